The van der Waals surface area contributed by atoms with Crippen molar-refractivity contribution in [1.29, 1.82) is 0 Å². The molecule has 0 unspecified atom stereocenters. The first kappa shape index (κ1) is 15.2. The summed E-state index contributed by atoms with van der Waals surface area (Å²) in [5.74, 6) is 0.814. The molecule has 0 amide bonds. The summed E-state index contributed by atoms with van der Waals surface area (Å²) in [7, 11) is -3.48. The molecule has 0 atom stereocenters. The van der Waals surface area contributed by atoms with Crippen LogP contribution in [0.5, 0.6) is 0 Å². The smallest absolute Gasteiger partial charge is 0.210 e. The fourth-order valence-electron chi connectivity index (χ4n) is 2.20. The average molecular weight is 320 g/mol. The van der Waals surface area contributed by atoms with Crippen LogP contribution < -0.4 is 4.72 Å². The lowest BCUT2D eigenvalue weighted by molar-refractivity contribution is 0.584. The molecule has 19 heavy (non-hydrogen) atoms. The Balaban J connectivity index is 1.82. The highest BCUT2D eigenvalue weighted by atomic mass is 35.5. The van der Waals surface area contributed by atoms with Gasteiger partial charge in [0.15, 0.2) is 0 Å². The number of thioether (sulfide) groups is 1. The van der Waals surface area contributed by atoms with E-state index >= 15 is 0 Å². The summed E-state index contributed by atoms with van der Waals surface area (Å²) in [5, 5.41) is 0.975. The Bertz CT molecular complexity index is 513. The van der Waals surface area contributed by atoms with E-state index in [2.05, 4.69) is 4.72 Å². The fraction of sp³-hybridized carbons (Fsp3) is 0.538. The number of hydrogen-bond acceptors (Lipinski definition) is 3. The van der Waals surface area contributed by atoms with Crippen molar-refractivity contribution in [2.24, 2.45) is 0 Å². The Morgan fingerprint density at radius 3 is 2.63 bits per heavy atom. The molecule has 1 saturated carbocycles. The van der Waals surface area contributed by atoms with Gasteiger partial charge in [0.25, 0.3) is 0 Å². The predicted molar refractivity (Wildman–Crippen MR) is 81.4 cm³/mol. The van der Waals surface area contributed by atoms with Crippen LogP contribution in [0.4, 0.5) is 0 Å². The Labute approximate surface area is 124 Å². The second-order valence-electron chi connectivity index (χ2n) is 4.61. The van der Waals surface area contributed by atoms with E-state index in [9.17, 15) is 8.42 Å². The first-order valence-corrected chi connectivity index (χ1v) is 9.36. The molecule has 6 heteroatoms. The SMILES string of the molecule is O=S(=O)(NCCSC1CCCC1)c1ccccc1Cl. The highest BCUT2D eigenvalue weighted by Crippen LogP contribution is 2.29. The molecule has 1 N–H and O–H groups in total. The van der Waals surface area contributed by atoms with Crippen LogP contribution in [0.15, 0.2) is 29.2 Å². The van der Waals surface area contributed by atoms with Gasteiger partial charge in [0, 0.05) is 17.5 Å². The van der Waals surface area contributed by atoms with E-state index < -0.39 is 10.0 Å². The predicted octanol–water partition coefficient (Wildman–Crippen LogP) is 3.29. The minimum atomic E-state index is -3.48. The first-order chi connectivity index (χ1) is 9.09. The molecule has 0 saturated heterocycles. The number of rotatable bonds is 6. The maximum absolute atomic E-state index is 12.0. The Hall–Kier alpha value is -0.230. The monoisotopic (exact) mass is 319 g/mol. The van der Waals surface area contributed by atoms with Crippen molar-refractivity contribution in [3.8, 4) is 0 Å². The quantitative estimate of drug-likeness (QED) is 0.818. The van der Waals surface area contributed by atoms with E-state index in [4.69, 9.17) is 11.6 Å². The van der Waals surface area contributed by atoms with Crippen molar-refractivity contribution in [3.63, 3.8) is 0 Å². The molecule has 1 aromatic carbocycles. The molecule has 0 radical (unpaired) electrons. The van der Waals surface area contributed by atoms with E-state index in [1.165, 1.54) is 31.7 Å². The zero-order chi connectivity index (χ0) is 13.7. The molecule has 1 fully saturated rings. The second kappa shape index (κ2) is 6.97. The molecule has 0 aromatic heterocycles. The van der Waals surface area contributed by atoms with Gasteiger partial charge >= 0.3 is 0 Å². The minimum absolute atomic E-state index is 0.155. The lowest BCUT2D eigenvalue weighted by Gasteiger charge is -2.10. The minimum Gasteiger partial charge on any atom is -0.210 e. The lowest BCUT2D eigenvalue weighted by Crippen LogP contribution is -2.26. The maximum atomic E-state index is 12.0. The molecule has 0 bridgehead atoms. The number of nitrogens with one attached hydrogen (secondary N) is 1. The highest BCUT2D eigenvalue weighted by molar-refractivity contribution is 8.00. The third-order valence-electron chi connectivity index (χ3n) is 3.18. The molecular weight excluding hydrogens is 302 g/mol. The molecule has 3 nitrogen and oxygen atoms in total. The molecule has 2 rings (SSSR count). The van der Waals surface area contributed by atoms with Gasteiger partial charge in [-0.3, -0.25) is 0 Å². The summed E-state index contributed by atoms with van der Waals surface area (Å²) in [6, 6.07) is 6.50. The highest BCUT2D eigenvalue weighted by Gasteiger charge is 2.18. The third kappa shape index (κ3) is 4.38. The molecular formula is C13H18ClNO2S2. The molecule has 1 aromatic rings. The second-order valence-corrected chi connectivity index (χ2v) is 8.16. The molecule has 106 valence electrons. The Kier molecular flexibility index (Phi) is 5.57. The topological polar surface area (TPSA) is 46.2 Å². The summed E-state index contributed by atoms with van der Waals surface area (Å²) >= 11 is 7.76. The van der Waals surface area contributed by atoms with E-state index in [0.29, 0.717) is 11.8 Å². The van der Waals surface area contributed by atoms with Crippen molar-refractivity contribution in [2.45, 2.75) is 35.8 Å². The standard InChI is InChI=1S/C13H18ClNO2S2/c14-12-7-3-4-8-13(12)19(16,17)15-9-10-18-11-5-1-2-6-11/h3-4,7-8,11,15H,1-2,5-6,9-10H2. The average Bonchev–Trinajstić information content (AvgIpc) is 2.88. The molecule has 0 aliphatic heterocycles. The number of hydrogen-bond donors (Lipinski definition) is 1. The molecule has 1 aliphatic rings. The summed E-state index contributed by atoms with van der Waals surface area (Å²) < 4.78 is 26.7. The van der Waals surface area contributed by atoms with Crippen LogP contribution in [-0.4, -0.2) is 26.0 Å². The molecule has 1 aliphatic carbocycles. The van der Waals surface area contributed by atoms with Gasteiger partial charge in [-0.05, 0) is 25.0 Å². The van der Waals surface area contributed by atoms with Crippen molar-refractivity contribution >= 4 is 33.4 Å². The number of halogens is 1. The van der Waals surface area contributed by atoms with Gasteiger partial charge in [0.2, 0.25) is 10.0 Å². The van der Waals surface area contributed by atoms with Crippen LogP contribution in [0.3, 0.4) is 0 Å². The van der Waals surface area contributed by atoms with Crippen molar-refractivity contribution in [2.75, 3.05) is 12.3 Å². The van der Waals surface area contributed by atoms with Crippen LogP contribution >= 0.6 is 23.4 Å². The number of benzene rings is 1. The van der Waals surface area contributed by atoms with Crippen LogP contribution in [0.2, 0.25) is 5.02 Å². The van der Waals surface area contributed by atoms with Gasteiger partial charge in [-0.2, -0.15) is 11.8 Å². The summed E-state index contributed by atoms with van der Waals surface area (Å²) in [5.41, 5.74) is 0. The lowest BCUT2D eigenvalue weighted by atomic mass is 10.4. The van der Waals surface area contributed by atoms with Crippen molar-refractivity contribution in [3.05, 3.63) is 29.3 Å². The van der Waals surface area contributed by atoms with Gasteiger partial charge < -0.3 is 0 Å². The van der Waals surface area contributed by atoms with Crippen LogP contribution in [0.25, 0.3) is 0 Å². The van der Waals surface area contributed by atoms with Gasteiger partial charge in [0.1, 0.15) is 4.90 Å². The van der Waals surface area contributed by atoms with E-state index in [-0.39, 0.29) is 9.92 Å². The molecule has 0 spiro atoms. The zero-order valence-corrected chi connectivity index (χ0v) is 13.0. The Morgan fingerprint density at radius 1 is 1.26 bits per heavy atom. The van der Waals surface area contributed by atoms with E-state index in [1.54, 1.807) is 18.2 Å². The summed E-state index contributed by atoms with van der Waals surface area (Å²) in [6.45, 7) is 0.453. The largest absolute Gasteiger partial charge is 0.242 e. The fourth-order valence-corrected chi connectivity index (χ4v) is 5.10. The Morgan fingerprint density at radius 2 is 1.95 bits per heavy atom. The van der Waals surface area contributed by atoms with Crippen molar-refractivity contribution in [1.82, 2.24) is 4.72 Å². The summed E-state index contributed by atoms with van der Waals surface area (Å²) in [6.07, 6.45) is 5.15. The van der Waals surface area contributed by atoms with E-state index in [0.717, 1.165) is 5.75 Å². The number of sulfonamides is 1. The van der Waals surface area contributed by atoms with Gasteiger partial charge in [-0.15, -0.1) is 0 Å². The van der Waals surface area contributed by atoms with Crippen LogP contribution in [-0.2, 0) is 10.0 Å². The van der Waals surface area contributed by atoms with Gasteiger partial charge in [-0.1, -0.05) is 36.6 Å². The zero-order valence-electron chi connectivity index (χ0n) is 10.6. The molecule has 0 heterocycles. The first-order valence-electron chi connectivity index (χ1n) is 6.45. The van der Waals surface area contributed by atoms with E-state index in [1.807, 2.05) is 11.8 Å². The van der Waals surface area contributed by atoms with Crippen molar-refractivity contribution < 1.29 is 8.42 Å². The third-order valence-corrected chi connectivity index (χ3v) is 6.52. The van der Waals surface area contributed by atoms with Gasteiger partial charge in [0.05, 0.1) is 5.02 Å². The maximum Gasteiger partial charge on any atom is 0.242 e. The summed E-state index contributed by atoms with van der Waals surface area (Å²) in [4.78, 5) is 0.155. The van der Waals surface area contributed by atoms with Crippen LogP contribution in [0.1, 0.15) is 25.7 Å². The van der Waals surface area contributed by atoms with Crippen LogP contribution in [0, 0.1) is 0 Å². The van der Waals surface area contributed by atoms with Gasteiger partial charge in [-0.25, -0.2) is 13.1 Å². The normalized spacial score (nSPS) is 16.9.